The van der Waals surface area contributed by atoms with E-state index in [9.17, 15) is 57.1 Å². The second-order valence-corrected chi connectivity index (χ2v) is 8.52. The van der Waals surface area contributed by atoms with E-state index in [1.807, 2.05) is 0 Å². The average Bonchev–Trinajstić information content (AvgIpc) is 2.24. The molecule has 0 radical (unpaired) electrons. The van der Waals surface area contributed by atoms with E-state index in [-0.39, 0.29) is 0 Å². The first-order chi connectivity index (χ1) is 9.67. The lowest BCUT2D eigenvalue weighted by Gasteiger charge is -2.39. The van der Waals surface area contributed by atoms with Gasteiger partial charge in [0.05, 0.1) is 4.46 Å². The van der Waals surface area contributed by atoms with E-state index in [4.69, 9.17) is 0 Å². The van der Waals surface area contributed by atoms with Crippen LogP contribution < -0.4 is 0 Å². The summed E-state index contributed by atoms with van der Waals surface area (Å²) < 4.78 is 161. The lowest BCUT2D eigenvalue weighted by Crippen LogP contribution is -2.71. The standard InChI is InChI=1S/C7H3Cl2F13Si/c8-1(9)23-7(21,22)5(16,17)3(12,13)2(10,11)4(14,15)6(18,19)20/h1H,23H2. The quantitative estimate of drug-likeness (QED) is 0.326. The highest BCUT2D eigenvalue weighted by atomic mass is 35.5. The third-order valence-electron chi connectivity index (χ3n) is 2.41. The molecule has 0 unspecified atom stereocenters. The monoisotopic (exact) mass is 432 g/mol. The highest BCUT2D eigenvalue weighted by molar-refractivity contribution is 6.69. The summed E-state index contributed by atoms with van der Waals surface area (Å²) in [6.45, 7) is 0. The summed E-state index contributed by atoms with van der Waals surface area (Å²) in [4.78, 5) is 0. The molecule has 0 atom stereocenters. The average molecular weight is 433 g/mol. The van der Waals surface area contributed by atoms with E-state index < -0.39 is 49.4 Å². The van der Waals surface area contributed by atoms with E-state index >= 15 is 0 Å². The number of rotatable bonds is 6. The van der Waals surface area contributed by atoms with Gasteiger partial charge in [-0.3, -0.25) is 0 Å². The molecule has 0 aromatic heterocycles. The van der Waals surface area contributed by atoms with Gasteiger partial charge in [-0.1, -0.05) is 0 Å². The van der Waals surface area contributed by atoms with Crippen LogP contribution in [-0.4, -0.2) is 49.4 Å². The molecule has 0 spiro atoms. The molecule has 0 heterocycles. The fourth-order valence-electron chi connectivity index (χ4n) is 1.12. The zero-order chi connectivity index (χ0) is 19.3. The van der Waals surface area contributed by atoms with Crippen molar-refractivity contribution in [3.8, 4) is 0 Å². The molecule has 0 fully saturated rings. The Morgan fingerprint density at radius 2 is 0.826 bits per heavy atom. The van der Waals surface area contributed by atoms with Crippen molar-refractivity contribution in [1.29, 1.82) is 0 Å². The summed E-state index contributed by atoms with van der Waals surface area (Å²) in [6, 6.07) is 0. The van der Waals surface area contributed by atoms with Crippen LogP contribution in [0.1, 0.15) is 0 Å². The fraction of sp³-hybridized carbons (Fsp3) is 1.00. The zero-order valence-electron chi connectivity index (χ0n) is 9.95. The molecule has 0 aromatic carbocycles. The van der Waals surface area contributed by atoms with Gasteiger partial charge in [-0.15, -0.1) is 23.2 Å². The first-order valence-corrected chi connectivity index (χ1v) is 7.30. The van der Waals surface area contributed by atoms with Gasteiger partial charge < -0.3 is 0 Å². The van der Waals surface area contributed by atoms with Gasteiger partial charge in [0.1, 0.15) is 0 Å². The van der Waals surface area contributed by atoms with Crippen molar-refractivity contribution in [2.45, 2.75) is 39.9 Å². The number of alkyl halides is 15. The van der Waals surface area contributed by atoms with E-state index in [0.717, 1.165) is 0 Å². The van der Waals surface area contributed by atoms with E-state index in [1.165, 1.54) is 0 Å². The van der Waals surface area contributed by atoms with Crippen LogP contribution in [0.2, 0.25) is 0 Å². The molecule has 0 saturated heterocycles. The van der Waals surface area contributed by atoms with Gasteiger partial charge in [-0.2, -0.15) is 48.3 Å². The van der Waals surface area contributed by atoms with Gasteiger partial charge in [-0.25, -0.2) is 8.78 Å². The molecule has 0 aliphatic rings. The van der Waals surface area contributed by atoms with Crippen molar-refractivity contribution in [3.63, 3.8) is 0 Å². The third kappa shape index (κ3) is 3.48. The highest BCUT2D eigenvalue weighted by Gasteiger charge is 2.90. The molecule has 16 heteroatoms. The molecule has 23 heavy (non-hydrogen) atoms. The molecule has 0 bridgehead atoms. The van der Waals surface area contributed by atoms with Gasteiger partial charge in [0.25, 0.3) is 5.55 Å². The summed E-state index contributed by atoms with van der Waals surface area (Å²) in [5, 5.41) is 0. The van der Waals surface area contributed by atoms with Crippen LogP contribution >= 0.6 is 23.2 Å². The largest absolute Gasteiger partial charge is 0.460 e. The van der Waals surface area contributed by atoms with Crippen LogP contribution in [0.3, 0.4) is 0 Å². The van der Waals surface area contributed by atoms with Crippen LogP contribution in [0.4, 0.5) is 57.1 Å². The number of hydrogen-bond acceptors (Lipinski definition) is 0. The zero-order valence-corrected chi connectivity index (χ0v) is 12.9. The van der Waals surface area contributed by atoms with Crippen molar-refractivity contribution in [2.24, 2.45) is 0 Å². The molecule has 0 saturated carbocycles. The summed E-state index contributed by atoms with van der Waals surface area (Å²) in [7, 11) is -4.04. The van der Waals surface area contributed by atoms with Gasteiger partial charge in [0, 0.05) is 0 Å². The van der Waals surface area contributed by atoms with Gasteiger partial charge >= 0.3 is 29.9 Å². The third-order valence-corrected chi connectivity index (χ3v) is 4.60. The Morgan fingerprint density at radius 3 is 1.09 bits per heavy atom. The van der Waals surface area contributed by atoms with Gasteiger partial charge in [-0.05, 0) is 0 Å². The topological polar surface area (TPSA) is 0 Å². The van der Waals surface area contributed by atoms with Gasteiger partial charge in [0.2, 0.25) is 0 Å². The molecule has 0 rings (SSSR count). The minimum absolute atomic E-state index is 2.40. The maximum atomic E-state index is 13.0. The predicted octanol–water partition coefficient (Wildman–Crippen LogP) is 4.61. The number of halogens is 15. The summed E-state index contributed by atoms with van der Waals surface area (Å²) in [5.41, 5.74) is -6.09. The smallest absolute Gasteiger partial charge is 0.206 e. The first-order valence-electron chi connectivity index (χ1n) is 4.91. The lowest BCUT2D eigenvalue weighted by atomic mass is 9.98. The Bertz CT molecular complexity index is 429. The molecule has 0 amide bonds. The molecule has 0 aliphatic heterocycles. The Labute approximate surface area is 130 Å². The maximum Gasteiger partial charge on any atom is 0.460 e. The van der Waals surface area contributed by atoms with Crippen molar-refractivity contribution in [1.82, 2.24) is 0 Å². The van der Waals surface area contributed by atoms with Gasteiger partial charge in [0.15, 0.2) is 9.52 Å². The first kappa shape index (κ1) is 22.9. The second kappa shape index (κ2) is 6.00. The fourth-order valence-corrected chi connectivity index (χ4v) is 3.15. The Balaban J connectivity index is 6.14. The highest BCUT2D eigenvalue weighted by Crippen LogP contribution is 2.60. The maximum absolute atomic E-state index is 13.0. The molecule has 0 nitrogen and oxygen atoms in total. The molecule has 0 N–H and O–H groups in total. The van der Waals surface area contributed by atoms with E-state index in [0.29, 0.717) is 0 Å². The Morgan fingerprint density at radius 1 is 0.522 bits per heavy atom. The Hall–Kier alpha value is -0.113. The Kier molecular flexibility index (Phi) is 5.97. The second-order valence-electron chi connectivity index (χ2n) is 4.09. The van der Waals surface area contributed by atoms with Crippen LogP contribution in [0.5, 0.6) is 0 Å². The van der Waals surface area contributed by atoms with E-state index in [2.05, 4.69) is 23.2 Å². The predicted molar refractivity (Wildman–Crippen MR) is 54.8 cm³/mol. The summed E-state index contributed by atoms with van der Waals surface area (Å²) in [6.07, 6.45) is -7.41. The summed E-state index contributed by atoms with van der Waals surface area (Å²) in [5.74, 6) is -30.6. The molecular formula is C7H3Cl2F13Si. The van der Waals surface area contributed by atoms with E-state index in [1.54, 1.807) is 0 Å². The van der Waals surface area contributed by atoms with Crippen molar-refractivity contribution in [3.05, 3.63) is 0 Å². The molecular weight excluding hydrogens is 430 g/mol. The van der Waals surface area contributed by atoms with Crippen molar-refractivity contribution < 1.29 is 57.1 Å². The minimum Gasteiger partial charge on any atom is -0.206 e. The molecule has 0 aromatic rings. The SMILES string of the molecule is FC(F)(F)C(F)(F)C(F)(F)C(F)(F)C(F)(F)C(F)(F)[SiH2]C(Cl)Cl. The van der Waals surface area contributed by atoms with Crippen LogP contribution in [0.15, 0.2) is 0 Å². The van der Waals surface area contributed by atoms with Crippen molar-refractivity contribution in [2.75, 3.05) is 0 Å². The van der Waals surface area contributed by atoms with Crippen LogP contribution in [0.25, 0.3) is 0 Å². The molecule has 0 aliphatic carbocycles. The minimum atomic E-state index is -7.88. The molecule has 140 valence electrons. The lowest BCUT2D eigenvalue weighted by molar-refractivity contribution is -0.433. The van der Waals surface area contributed by atoms with Crippen molar-refractivity contribution >= 4 is 32.7 Å². The van der Waals surface area contributed by atoms with Crippen LogP contribution in [0, 0.1) is 0 Å². The number of hydrogen-bond donors (Lipinski definition) is 0. The normalized spacial score (nSPS) is 16.7. The van der Waals surface area contributed by atoms with Crippen LogP contribution in [-0.2, 0) is 0 Å². The summed E-state index contributed by atoms with van der Waals surface area (Å²) >= 11 is 9.30.